The molecule has 1 saturated heterocycles. The number of nitrogens with zero attached hydrogens (tertiary/aromatic N) is 2. The first kappa shape index (κ1) is 10.5. The number of amides is 3. The SMILES string of the molecule is CCC(C(=O)O)N1C(=O)CN(C)C1=O. The Bertz CT molecular complexity index is 289. The molecule has 6 heteroatoms. The van der Waals surface area contributed by atoms with Crippen molar-refractivity contribution in [2.75, 3.05) is 13.6 Å². The Labute approximate surface area is 81.1 Å². The molecule has 0 bridgehead atoms. The largest absolute Gasteiger partial charge is 0.480 e. The molecule has 1 heterocycles. The molecule has 0 spiro atoms. The van der Waals surface area contributed by atoms with Crippen molar-refractivity contribution < 1.29 is 19.5 Å². The van der Waals surface area contributed by atoms with Gasteiger partial charge in [0, 0.05) is 7.05 Å². The Balaban J connectivity index is 2.90. The van der Waals surface area contributed by atoms with Gasteiger partial charge in [0.15, 0.2) is 0 Å². The van der Waals surface area contributed by atoms with Gasteiger partial charge in [0.05, 0.1) is 0 Å². The lowest BCUT2D eigenvalue weighted by molar-refractivity contribution is -0.146. The number of imide groups is 1. The van der Waals surface area contributed by atoms with Crippen LogP contribution in [0.2, 0.25) is 0 Å². The maximum Gasteiger partial charge on any atom is 0.327 e. The zero-order valence-corrected chi connectivity index (χ0v) is 8.06. The lowest BCUT2D eigenvalue weighted by Gasteiger charge is -2.20. The molecule has 0 aromatic carbocycles. The van der Waals surface area contributed by atoms with E-state index in [-0.39, 0.29) is 13.0 Å². The molecule has 0 aromatic heterocycles. The van der Waals surface area contributed by atoms with Crippen molar-refractivity contribution in [2.45, 2.75) is 19.4 Å². The minimum absolute atomic E-state index is 0.0391. The Hall–Kier alpha value is -1.59. The number of rotatable bonds is 3. The average Bonchev–Trinajstić information content (AvgIpc) is 2.32. The summed E-state index contributed by atoms with van der Waals surface area (Å²) in [6.07, 6.45) is 0.223. The highest BCUT2D eigenvalue weighted by atomic mass is 16.4. The molecule has 1 aliphatic heterocycles. The zero-order chi connectivity index (χ0) is 10.9. The number of carbonyl (C=O) groups excluding carboxylic acids is 2. The van der Waals surface area contributed by atoms with Gasteiger partial charge in [-0.05, 0) is 6.42 Å². The minimum Gasteiger partial charge on any atom is -0.480 e. The summed E-state index contributed by atoms with van der Waals surface area (Å²) in [4.78, 5) is 35.4. The van der Waals surface area contributed by atoms with E-state index < -0.39 is 23.9 Å². The first-order valence-corrected chi connectivity index (χ1v) is 4.29. The number of carboxylic acid groups (broad SMARTS) is 1. The molecule has 1 aliphatic rings. The lowest BCUT2D eigenvalue weighted by atomic mass is 10.2. The van der Waals surface area contributed by atoms with Crippen molar-refractivity contribution in [1.82, 2.24) is 9.80 Å². The molecular formula is C8H12N2O4. The van der Waals surface area contributed by atoms with Crippen LogP contribution in [0.15, 0.2) is 0 Å². The Kier molecular flexibility index (Phi) is 2.73. The van der Waals surface area contributed by atoms with Gasteiger partial charge < -0.3 is 10.0 Å². The Morgan fingerprint density at radius 1 is 1.57 bits per heavy atom. The van der Waals surface area contributed by atoms with Gasteiger partial charge in [0.1, 0.15) is 12.6 Å². The highest BCUT2D eigenvalue weighted by molar-refractivity contribution is 6.04. The molecule has 0 aliphatic carbocycles. The van der Waals surface area contributed by atoms with Gasteiger partial charge >= 0.3 is 12.0 Å². The lowest BCUT2D eigenvalue weighted by Crippen LogP contribution is -2.45. The number of hydrogen-bond donors (Lipinski definition) is 1. The first-order valence-electron chi connectivity index (χ1n) is 4.29. The number of hydrogen-bond acceptors (Lipinski definition) is 3. The summed E-state index contributed by atoms with van der Waals surface area (Å²) >= 11 is 0. The van der Waals surface area contributed by atoms with Crippen LogP contribution in [-0.2, 0) is 9.59 Å². The molecular weight excluding hydrogens is 188 g/mol. The third-order valence-corrected chi connectivity index (χ3v) is 2.16. The molecule has 78 valence electrons. The Morgan fingerprint density at radius 3 is 2.43 bits per heavy atom. The summed E-state index contributed by atoms with van der Waals surface area (Å²) in [5.41, 5.74) is 0. The third-order valence-electron chi connectivity index (χ3n) is 2.16. The summed E-state index contributed by atoms with van der Waals surface area (Å²) in [7, 11) is 1.47. The Morgan fingerprint density at radius 2 is 2.14 bits per heavy atom. The molecule has 3 amide bonds. The van der Waals surface area contributed by atoms with Gasteiger partial charge in [-0.2, -0.15) is 0 Å². The maximum atomic E-state index is 11.4. The molecule has 1 atom stereocenters. The molecule has 1 unspecified atom stereocenters. The first-order chi connectivity index (χ1) is 6.49. The van der Waals surface area contributed by atoms with Crippen LogP contribution >= 0.6 is 0 Å². The second kappa shape index (κ2) is 3.65. The van der Waals surface area contributed by atoms with E-state index in [1.165, 1.54) is 11.9 Å². The summed E-state index contributed by atoms with van der Waals surface area (Å²) < 4.78 is 0. The van der Waals surface area contributed by atoms with E-state index >= 15 is 0 Å². The van der Waals surface area contributed by atoms with E-state index in [1.54, 1.807) is 6.92 Å². The molecule has 1 N–H and O–H groups in total. The van der Waals surface area contributed by atoms with Gasteiger partial charge in [-0.15, -0.1) is 0 Å². The number of aliphatic carboxylic acids is 1. The number of carboxylic acids is 1. The summed E-state index contributed by atoms with van der Waals surface area (Å²) in [5.74, 6) is -1.60. The number of urea groups is 1. The van der Waals surface area contributed by atoms with Crippen molar-refractivity contribution >= 4 is 17.9 Å². The second-order valence-electron chi connectivity index (χ2n) is 3.16. The van der Waals surface area contributed by atoms with E-state index in [9.17, 15) is 14.4 Å². The number of carbonyl (C=O) groups is 3. The smallest absolute Gasteiger partial charge is 0.327 e. The molecule has 14 heavy (non-hydrogen) atoms. The van der Waals surface area contributed by atoms with Crippen molar-refractivity contribution in [3.63, 3.8) is 0 Å². The van der Waals surface area contributed by atoms with Crippen molar-refractivity contribution in [3.05, 3.63) is 0 Å². The van der Waals surface area contributed by atoms with E-state index in [2.05, 4.69) is 0 Å². The van der Waals surface area contributed by atoms with Crippen LogP contribution in [0.1, 0.15) is 13.3 Å². The molecule has 0 aromatic rings. The zero-order valence-electron chi connectivity index (χ0n) is 8.06. The van der Waals surface area contributed by atoms with Crippen LogP contribution < -0.4 is 0 Å². The minimum atomic E-state index is -1.15. The molecule has 0 saturated carbocycles. The van der Waals surface area contributed by atoms with Crippen molar-refractivity contribution in [1.29, 1.82) is 0 Å². The van der Waals surface area contributed by atoms with Crippen LogP contribution in [0.3, 0.4) is 0 Å². The van der Waals surface area contributed by atoms with E-state index in [0.29, 0.717) is 0 Å². The van der Waals surface area contributed by atoms with Gasteiger partial charge in [-0.25, -0.2) is 14.5 Å². The quantitative estimate of drug-likeness (QED) is 0.637. The summed E-state index contributed by atoms with van der Waals surface area (Å²) in [6.45, 7) is 1.58. The van der Waals surface area contributed by atoms with Gasteiger partial charge in [-0.3, -0.25) is 4.79 Å². The van der Waals surface area contributed by atoms with Gasteiger partial charge in [0.2, 0.25) is 0 Å². The second-order valence-corrected chi connectivity index (χ2v) is 3.16. The normalized spacial score (nSPS) is 19.0. The maximum absolute atomic E-state index is 11.4. The van der Waals surface area contributed by atoms with Gasteiger partial charge in [0.25, 0.3) is 5.91 Å². The topological polar surface area (TPSA) is 77.9 Å². The van der Waals surface area contributed by atoms with Crippen LogP contribution in [0, 0.1) is 0 Å². The van der Waals surface area contributed by atoms with Crippen LogP contribution in [0.4, 0.5) is 4.79 Å². The predicted molar refractivity (Wildman–Crippen MR) is 46.6 cm³/mol. The molecule has 0 radical (unpaired) electrons. The fraction of sp³-hybridized carbons (Fsp3) is 0.625. The van der Waals surface area contributed by atoms with E-state index in [0.717, 1.165) is 4.90 Å². The van der Waals surface area contributed by atoms with E-state index in [4.69, 9.17) is 5.11 Å². The average molecular weight is 200 g/mol. The standard InChI is InChI=1S/C8H12N2O4/c1-3-5(7(12)13)10-6(11)4-9(2)8(10)14/h5H,3-4H2,1-2H3,(H,12,13). The van der Waals surface area contributed by atoms with Crippen molar-refractivity contribution in [3.8, 4) is 0 Å². The van der Waals surface area contributed by atoms with Crippen LogP contribution in [-0.4, -0.2) is 52.4 Å². The summed E-state index contributed by atoms with van der Waals surface area (Å²) in [5, 5.41) is 8.79. The fourth-order valence-corrected chi connectivity index (χ4v) is 1.41. The monoisotopic (exact) mass is 200 g/mol. The van der Waals surface area contributed by atoms with Crippen molar-refractivity contribution in [2.24, 2.45) is 0 Å². The summed E-state index contributed by atoms with van der Waals surface area (Å²) in [6, 6.07) is -1.58. The molecule has 1 rings (SSSR count). The fourth-order valence-electron chi connectivity index (χ4n) is 1.41. The highest BCUT2D eigenvalue weighted by Gasteiger charge is 2.40. The van der Waals surface area contributed by atoms with Crippen LogP contribution in [0.5, 0.6) is 0 Å². The third kappa shape index (κ3) is 1.55. The number of likely N-dealkylation sites (N-methyl/N-ethyl adjacent to an activating group) is 1. The predicted octanol–water partition coefficient (Wildman–Crippen LogP) is -0.256. The van der Waals surface area contributed by atoms with Crippen LogP contribution in [0.25, 0.3) is 0 Å². The van der Waals surface area contributed by atoms with E-state index in [1.807, 2.05) is 0 Å². The molecule has 6 nitrogen and oxygen atoms in total. The highest BCUT2D eigenvalue weighted by Crippen LogP contribution is 2.14. The van der Waals surface area contributed by atoms with Gasteiger partial charge in [-0.1, -0.05) is 6.92 Å². The molecule has 1 fully saturated rings.